The van der Waals surface area contributed by atoms with Gasteiger partial charge in [0.25, 0.3) is 11.6 Å². The van der Waals surface area contributed by atoms with Crippen LogP contribution in [0.15, 0.2) is 18.2 Å². The second-order valence-electron chi connectivity index (χ2n) is 5.12. The van der Waals surface area contributed by atoms with E-state index in [1.54, 1.807) is 0 Å². The summed E-state index contributed by atoms with van der Waals surface area (Å²) in [6.45, 7) is 5.56. The SMILES string of the molecule is Cl.O=C(NCCCN1CCNCC1)c1ccc([N+](=O)[O-])cc1Cl. The molecule has 9 heteroatoms. The Labute approximate surface area is 145 Å². The van der Waals surface area contributed by atoms with Crippen LogP contribution in [-0.2, 0) is 0 Å². The average molecular weight is 363 g/mol. The topological polar surface area (TPSA) is 87.5 Å². The number of nitro groups is 1. The lowest BCUT2D eigenvalue weighted by Crippen LogP contribution is -2.44. The number of piperazine rings is 1. The molecule has 0 spiro atoms. The smallest absolute Gasteiger partial charge is 0.270 e. The summed E-state index contributed by atoms with van der Waals surface area (Å²) in [6, 6.07) is 3.85. The third-order valence-corrected chi connectivity index (χ3v) is 3.87. The maximum absolute atomic E-state index is 12.0. The molecular formula is C14H20Cl2N4O3. The number of rotatable bonds is 6. The van der Waals surface area contributed by atoms with Gasteiger partial charge in [-0.05, 0) is 19.0 Å². The van der Waals surface area contributed by atoms with Crippen molar-refractivity contribution < 1.29 is 9.72 Å². The zero-order chi connectivity index (χ0) is 15.9. The van der Waals surface area contributed by atoms with Crippen molar-refractivity contribution in [2.45, 2.75) is 6.42 Å². The average Bonchev–Trinajstić information content (AvgIpc) is 2.52. The number of carbonyl (C=O) groups is 1. The number of non-ortho nitro benzene ring substituents is 1. The van der Waals surface area contributed by atoms with Gasteiger partial charge in [-0.25, -0.2) is 0 Å². The molecule has 1 fully saturated rings. The summed E-state index contributed by atoms with van der Waals surface area (Å²) in [5, 5.41) is 16.8. The number of benzene rings is 1. The second-order valence-corrected chi connectivity index (χ2v) is 5.53. The highest BCUT2D eigenvalue weighted by atomic mass is 35.5. The molecule has 0 atom stereocenters. The molecule has 0 saturated carbocycles. The summed E-state index contributed by atoms with van der Waals surface area (Å²) in [7, 11) is 0. The molecule has 0 bridgehead atoms. The lowest BCUT2D eigenvalue weighted by atomic mass is 10.2. The number of halogens is 2. The first-order chi connectivity index (χ1) is 10.6. The Hall–Kier alpha value is -1.41. The predicted octanol–water partition coefficient (Wildman–Crippen LogP) is 1.70. The summed E-state index contributed by atoms with van der Waals surface area (Å²) >= 11 is 5.92. The van der Waals surface area contributed by atoms with Crippen molar-refractivity contribution in [1.82, 2.24) is 15.5 Å². The molecule has 0 radical (unpaired) electrons. The minimum absolute atomic E-state index is 0. The predicted molar refractivity (Wildman–Crippen MR) is 91.6 cm³/mol. The zero-order valence-electron chi connectivity index (χ0n) is 12.6. The molecule has 1 aromatic rings. The van der Waals surface area contributed by atoms with E-state index < -0.39 is 4.92 Å². The molecule has 7 nitrogen and oxygen atoms in total. The van der Waals surface area contributed by atoms with Gasteiger partial charge in [-0.15, -0.1) is 12.4 Å². The van der Waals surface area contributed by atoms with Crippen LogP contribution in [0.4, 0.5) is 5.69 Å². The number of hydrogen-bond acceptors (Lipinski definition) is 5. The monoisotopic (exact) mass is 362 g/mol. The Morgan fingerprint density at radius 3 is 2.70 bits per heavy atom. The number of nitrogens with one attached hydrogen (secondary N) is 2. The second kappa shape index (κ2) is 9.67. The summed E-state index contributed by atoms with van der Waals surface area (Å²) < 4.78 is 0. The van der Waals surface area contributed by atoms with Crippen LogP contribution in [0.1, 0.15) is 16.8 Å². The van der Waals surface area contributed by atoms with Gasteiger partial charge in [0.2, 0.25) is 0 Å². The molecule has 1 saturated heterocycles. The van der Waals surface area contributed by atoms with E-state index in [2.05, 4.69) is 15.5 Å². The lowest BCUT2D eigenvalue weighted by molar-refractivity contribution is -0.384. The third-order valence-electron chi connectivity index (χ3n) is 3.55. The highest BCUT2D eigenvalue weighted by Gasteiger charge is 2.15. The number of amides is 1. The number of nitrogens with zero attached hydrogens (tertiary/aromatic N) is 2. The lowest BCUT2D eigenvalue weighted by Gasteiger charge is -2.27. The van der Waals surface area contributed by atoms with Gasteiger partial charge in [-0.2, -0.15) is 0 Å². The van der Waals surface area contributed by atoms with Gasteiger partial charge in [-0.3, -0.25) is 14.9 Å². The largest absolute Gasteiger partial charge is 0.352 e. The Morgan fingerprint density at radius 1 is 1.39 bits per heavy atom. The number of nitro benzene ring substituents is 1. The zero-order valence-corrected chi connectivity index (χ0v) is 14.2. The molecule has 0 unspecified atom stereocenters. The molecule has 128 valence electrons. The molecule has 23 heavy (non-hydrogen) atoms. The van der Waals surface area contributed by atoms with Gasteiger partial charge in [0.1, 0.15) is 0 Å². The van der Waals surface area contributed by atoms with Gasteiger partial charge >= 0.3 is 0 Å². The van der Waals surface area contributed by atoms with Gasteiger partial charge in [0, 0.05) is 44.9 Å². The molecule has 0 aliphatic carbocycles. The quantitative estimate of drug-likeness (QED) is 0.456. The van der Waals surface area contributed by atoms with Crippen molar-refractivity contribution in [3.8, 4) is 0 Å². The van der Waals surface area contributed by atoms with Gasteiger partial charge < -0.3 is 15.5 Å². The fraction of sp³-hybridized carbons (Fsp3) is 0.500. The van der Waals surface area contributed by atoms with E-state index in [0.717, 1.165) is 39.1 Å². The standard InChI is InChI=1S/C14H19ClN4O3.ClH/c15-13-10-11(19(21)22)2-3-12(13)14(20)17-4-1-7-18-8-5-16-6-9-18;/h2-3,10,16H,1,4-9H2,(H,17,20);1H. The summed E-state index contributed by atoms with van der Waals surface area (Å²) in [5.74, 6) is -0.305. The van der Waals surface area contributed by atoms with Crippen LogP contribution in [0.2, 0.25) is 5.02 Å². The van der Waals surface area contributed by atoms with Crippen molar-refractivity contribution in [2.24, 2.45) is 0 Å². The van der Waals surface area contributed by atoms with E-state index in [1.165, 1.54) is 18.2 Å². The van der Waals surface area contributed by atoms with E-state index in [9.17, 15) is 14.9 Å². The van der Waals surface area contributed by atoms with Crippen molar-refractivity contribution >= 4 is 35.6 Å². The number of hydrogen-bond donors (Lipinski definition) is 2. The minimum atomic E-state index is -0.541. The molecule has 1 amide bonds. The van der Waals surface area contributed by atoms with Gasteiger partial charge in [0.15, 0.2) is 0 Å². The third kappa shape index (κ3) is 5.95. The summed E-state index contributed by atoms with van der Waals surface area (Å²) in [4.78, 5) is 24.4. The first kappa shape index (κ1) is 19.6. The Balaban J connectivity index is 0.00000264. The Bertz CT molecular complexity index is 551. The van der Waals surface area contributed by atoms with Crippen molar-refractivity contribution in [3.63, 3.8) is 0 Å². The van der Waals surface area contributed by atoms with Crippen LogP contribution in [0.25, 0.3) is 0 Å². The maximum Gasteiger partial charge on any atom is 0.270 e. The van der Waals surface area contributed by atoms with Crippen LogP contribution in [0.5, 0.6) is 0 Å². The Kier molecular flexibility index (Phi) is 8.25. The van der Waals surface area contributed by atoms with Crippen molar-refractivity contribution in [3.05, 3.63) is 38.9 Å². The fourth-order valence-corrected chi connectivity index (χ4v) is 2.60. The van der Waals surface area contributed by atoms with E-state index in [4.69, 9.17) is 11.6 Å². The molecule has 2 N–H and O–H groups in total. The van der Waals surface area contributed by atoms with E-state index in [-0.39, 0.29) is 34.6 Å². The fourth-order valence-electron chi connectivity index (χ4n) is 2.34. The highest BCUT2D eigenvalue weighted by Crippen LogP contribution is 2.22. The molecule has 0 aromatic heterocycles. The van der Waals surface area contributed by atoms with Crippen LogP contribution in [0.3, 0.4) is 0 Å². The van der Waals surface area contributed by atoms with E-state index in [1.807, 2.05) is 0 Å². The minimum Gasteiger partial charge on any atom is -0.352 e. The maximum atomic E-state index is 12.0. The highest BCUT2D eigenvalue weighted by molar-refractivity contribution is 6.34. The van der Waals surface area contributed by atoms with E-state index in [0.29, 0.717) is 6.54 Å². The molecule has 1 aromatic carbocycles. The van der Waals surface area contributed by atoms with Crippen LogP contribution in [0, 0.1) is 10.1 Å². The van der Waals surface area contributed by atoms with Crippen LogP contribution < -0.4 is 10.6 Å². The van der Waals surface area contributed by atoms with Crippen molar-refractivity contribution in [2.75, 3.05) is 39.3 Å². The first-order valence-corrected chi connectivity index (χ1v) is 7.61. The van der Waals surface area contributed by atoms with Gasteiger partial charge in [-0.1, -0.05) is 11.6 Å². The van der Waals surface area contributed by atoms with Crippen LogP contribution >= 0.6 is 24.0 Å². The van der Waals surface area contributed by atoms with E-state index >= 15 is 0 Å². The molecular weight excluding hydrogens is 343 g/mol. The molecule has 1 aliphatic rings. The van der Waals surface area contributed by atoms with Crippen molar-refractivity contribution in [1.29, 1.82) is 0 Å². The summed E-state index contributed by atoms with van der Waals surface area (Å²) in [5.41, 5.74) is 0.134. The Morgan fingerprint density at radius 2 is 2.09 bits per heavy atom. The normalized spacial score (nSPS) is 14.8. The van der Waals surface area contributed by atoms with Gasteiger partial charge in [0.05, 0.1) is 15.5 Å². The number of carbonyl (C=O) groups excluding carboxylic acids is 1. The summed E-state index contributed by atoms with van der Waals surface area (Å²) in [6.07, 6.45) is 0.857. The molecule has 1 heterocycles. The molecule has 1 aliphatic heterocycles. The molecule has 2 rings (SSSR count). The van der Waals surface area contributed by atoms with Crippen LogP contribution in [-0.4, -0.2) is 55.0 Å². The first-order valence-electron chi connectivity index (χ1n) is 7.23.